The lowest BCUT2D eigenvalue weighted by Crippen LogP contribution is -2.34. The van der Waals surface area contributed by atoms with Crippen LogP contribution in [-0.2, 0) is 9.53 Å². The second-order valence-corrected chi connectivity index (χ2v) is 8.41. The van der Waals surface area contributed by atoms with Crippen LogP contribution >= 0.6 is 0 Å². The summed E-state index contributed by atoms with van der Waals surface area (Å²) < 4.78 is 11.3. The highest BCUT2D eigenvalue weighted by Crippen LogP contribution is 2.32. The quantitative estimate of drug-likeness (QED) is 0.577. The first-order valence-corrected chi connectivity index (χ1v) is 11.3. The van der Waals surface area contributed by atoms with Crippen molar-refractivity contribution >= 4 is 5.97 Å². The summed E-state index contributed by atoms with van der Waals surface area (Å²) in [5, 5.41) is 0. The molecule has 0 aromatic heterocycles. The summed E-state index contributed by atoms with van der Waals surface area (Å²) in [5.41, 5.74) is 1.42. The standard InChI is InChI=1S/C24H37NO3/c1-3-19-5-9-22(10-6-19)28-23-11-7-20(8-12-23)21-13-16-25(17-14-21)18-15-24(26)27-4-2/h7-8,11-12,19,21-22H,3-6,9-10,13-18H2,1-2H3. The lowest BCUT2D eigenvalue weighted by Gasteiger charge is -2.32. The van der Waals surface area contributed by atoms with Gasteiger partial charge in [-0.05, 0) is 88.1 Å². The molecular weight excluding hydrogens is 350 g/mol. The molecule has 1 saturated carbocycles. The van der Waals surface area contributed by atoms with Crippen LogP contribution in [0.4, 0.5) is 0 Å². The number of piperidine rings is 1. The van der Waals surface area contributed by atoms with Crippen molar-refractivity contribution < 1.29 is 14.3 Å². The Kier molecular flexibility index (Phi) is 8.20. The molecule has 0 spiro atoms. The van der Waals surface area contributed by atoms with E-state index >= 15 is 0 Å². The highest BCUT2D eigenvalue weighted by atomic mass is 16.5. The number of nitrogens with zero attached hydrogens (tertiary/aromatic N) is 1. The van der Waals surface area contributed by atoms with E-state index in [1.54, 1.807) is 0 Å². The molecule has 1 aliphatic carbocycles. The summed E-state index contributed by atoms with van der Waals surface area (Å²) in [6.07, 6.45) is 9.55. The maximum Gasteiger partial charge on any atom is 0.307 e. The van der Waals surface area contributed by atoms with Gasteiger partial charge in [0.25, 0.3) is 0 Å². The minimum Gasteiger partial charge on any atom is -0.490 e. The minimum atomic E-state index is -0.0802. The van der Waals surface area contributed by atoms with E-state index in [1.165, 1.54) is 37.7 Å². The molecule has 0 bridgehead atoms. The number of esters is 1. The molecule has 0 radical (unpaired) electrons. The summed E-state index contributed by atoms with van der Waals surface area (Å²) in [5.74, 6) is 2.47. The number of hydrogen-bond acceptors (Lipinski definition) is 4. The maximum atomic E-state index is 11.5. The van der Waals surface area contributed by atoms with Crippen LogP contribution in [-0.4, -0.2) is 43.2 Å². The van der Waals surface area contributed by atoms with Gasteiger partial charge in [0.2, 0.25) is 0 Å². The van der Waals surface area contributed by atoms with E-state index in [4.69, 9.17) is 9.47 Å². The zero-order valence-electron chi connectivity index (χ0n) is 17.7. The van der Waals surface area contributed by atoms with Crippen LogP contribution in [0.3, 0.4) is 0 Å². The lowest BCUT2D eigenvalue weighted by atomic mass is 9.86. The fraction of sp³-hybridized carbons (Fsp3) is 0.708. The molecule has 4 heteroatoms. The van der Waals surface area contributed by atoms with Crippen molar-refractivity contribution in [3.05, 3.63) is 29.8 Å². The van der Waals surface area contributed by atoms with Crippen molar-refractivity contribution in [3.8, 4) is 5.75 Å². The Balaban J connectivity index is 1.40. The van der Waals surface area contributed by atoms with Crippen molar-refractivity contribution in [3.63, 3.8) is 0 Å². The second kappa shape index (κ2) is 10.8. The Morgan fingerprint density at radius 3 is 2.29 bits per heavy atom. The third-order valence-corrected chi connectivity index (χ3v) is 6.55. The van der Waals surface area contributed by atoms with Gasteiger partial charge in [-0.3, -0.25) is 4.79 Å². The van der Waals surface area contributed by atoms with E-state index in [1.807, 2.05) is 6.92 Å². The largest absolute Gasteiger partial charge is 0.490 e. The van der Waals surface area contributed by atoms with Crippen LogP contribution in [0.5, 0.6) is 5.75 Å². The molecule has 1 aromatic rings. The van der Waals surface area contributed by atoms with Crippen molar-refractivity contribution in [1.82, 2.24) is 4.90 Å². The Labute approximate surface area is 170 Å². The topological polar surface area (TPSA) is 38.8 Å². The Morgan fingerprint density at radius 1 is 1.00 bits per heavy atom. The second-order valence-electron chi connectivity index (χ2n) is 8.41. The third kappa shape index (κ3) is 6.23. The summed E-state index contributed by atoms with van der Waals surface area (Å²) >= 11 is 0. The summed E-state index contributed by atoms with van der Waals surface area (Å²) in [6, 6.07) is 8.83. The smallest absolute Gasteiger partial charge is 0.307 e. The van der Waals surface area contributed by atoms with Crippen LogP contribution in [0.25, 0.3) is 0 Å². The molecule has 28 heavy (non-hydrogen) atoms. The number of carbonyl (C=O) groups is 1. The molecule has 4 nitrogen and oxygen atoms in total. The molecule has 0 N–H and O–H groups in total. The normalized spacial score (nSPS) is 24.1. The average molecular weight is 388 g/mol. The number of hydrogen-bond donors (Lipinski definition) is 0. The van der Waals surface area contributed by atoms with Gasteiger partial charge in [-0.15, -0.1) is 0 Å². The highest BCUT2D eigenvalue weighted by Gasteiger charge is 2.23. The molecule has 3 rings (SSSR count). The number of likely N-dealkylation sites (tertiary alicyclic amines) is 1. The molecule has 1 heterocycles. The molecule has 1 aromatic carbocycles. The molecule has 0 unspecified atom stereocenters. The number of rotatable bonds is 8. The van der Waals surface area contributed by atoms with Gasteiger partial charge in [0.15, 0.2) is 0 Å². The Hall–Kier alpha value is -1.55. The van der Waals surface area contributed by atoms with Gasteiger partial charge in [-0.2, -0.15) is 0 Å². The van der Waals surface area contributed by atoms with Gasteiger partial charge >= 0.3 is 5.97 Å². The van der Waals surface area contributed by atoms with Gasteiger partial charge in [0, 0.05) is 6.54 Å². The van der Waals surface area contributed by atoms with Crippen molar-refractivity contribution in [2.24, 2.45) is 5.92 Å². The molecule has 2 aliphatic rings. The SMILES string of the molecule is CCOC(=O)CCN1CCC(c2ccc(OC3CCC(CC)CC3)cc2)CC1. The van der Waals surface area contributed by atoms with Crippen molar-refractivity contribution in [2.45, 2.75) is 77.2 Å². The van der Waals surface area contributed by atoms with Gasteiger partial charge in [-0.1, -0.05) is 25.5 Å². The fourth-order valence-corrected chi connectivity index (χ4v) is 4.64. The lowest BCUT2D eigenvalue weighted by molar-refractivity contribution is -0.143. The summed E-state index contributed by atoms with van der Waals surface area (Å²) in [6.45, 7) is 7.57. The molecule has 1 aliphatic heterocycles. The van der Waals surface area contributed by atoms with Gasteiger partial charge in [0.1, 0.15) is 5.75 Å². The predicted octanol–water partition coefficient (Wildman–Crippen LogP) is 5.17. The monoisotopic (exact) mass is 387 g/mol. The molecule has 0 atom stereocenters. The van der Waals surface area contributed by atoms with E-state index in [0.29, 0.717) is 25.0 Å². The van der Waals surface area contributed by atoms with Gasteiger partial charge < -0.3 is 14.4 Å². The maximum absolute atomic E-state index is 11.5. The third-order valence-electron chi connectivity index (χ3n) is 6.55. The van der Waals surface area contributed by atoms with Crippen LogP contribution in [0.2, 0.25) is 0 Å². The Bertz CT molecular complexity index is 584. The molecule has 1 saturated heterocycles. The van der Waals surface area contributed by atoms with E-state index in [9.17, 15) is 4.79 Å². The van der Waals surface area contributed by atoms with E-state index in [-0.39, 0.29) is 5.97 Å². The fourth-order valence-electron chi connectivity index (χ4n) is 4.64. The summed E-state index contributed by atoms with van der Waals surface area (Å²) in [4.78, 5) is 13.9. The van der Waals surface area contributed by atoms with E-state index in [2.05, 4.69) is 36.1 Å². The Morgan fingerprint density at radius 2 is 1.68 bits per heavy atom. The minimum absolute atomic E-state index is 0.0802. The zero-order chi connectivity index (χ0) is 19.8. The average Bonchev–Trinajstić information content (AvgIpc) is 2.74. The van der Waals surface area contributed by atoms with Gasteiger partial charge in [-0.25, -0.2) is 0 Å². The molecule has 156 valence electrons. The van der Waals surface area contributed by atoms with Crippen LogP contribution < -0.4 is 4.74 Å². The van der Waals surface area contributed by atoms with E-state index in [0.717, 1.165) is 44.1 Å². The highest BCUT2D eigenvalue weighted by molar-refractivity contribution is 5.69. The van der Waals surface area contributed by atoms with Crippen LogP contribution in [0, 0.1) is 5.92 Å². The van der Waals surface area contributed by atoms with Crippen LogP contribution in [0.15, 0.2) is 24.3 Å². The first kappa shape index (κ1) is 21.2. The van der Waals surface area contributed by atoms with Crippen LogP contribution in [0.1, 0.15) is 76.7 Å². The number of ether oxygens (including phenoxy) is 2. The zero-order valence-corrected chi connectivity index (χ0v) is 17.7. The first-order chi connectivity index (χ1) is 13.7. The van der Waals surface area contributed by atoms with Gasteiger partial charge in [0.05, 0.1) is 19.1 Å². The van der Waals surface area contributed by atoms with Crippen molar-refractivity contribution in [1.29, 1.82) is 0 Å². The molecule has 0 amide bonds. The first-order valence-electron chi connectivity index (χ1n) is 11.3. The van der Waals surface area contributed by atoms with E-state index < -0.39 is 0 Å². The molecule has 2 fully saturated rings. The predicted molar refractivity (Wildman–Crippen MR) is 113 cm³/mol. The summed E-state index contributed by atoms with van der Waals surface area (Å²) in [7, 11) is 0. The molecular formula is C24H37NO3. The number of benzene rings is 1. The van der Waals surface area contributed by atoms with Crippen molar-refractivity contribution in [2.75, 3.05) is 26.2 Å². The number of carbonyl (C=O) groups excluding carboxylic acids is 1.